The highest BCUT2D eigenvalue weighted by atomic mass is 16.3. The van der Waals surface area contributed by atoms with Gasteiger partial charge in [-0.3, -0.25) is 4.68 Å². The lowest BCUT2D eigenvalue weighted by Crippen LogP contribution is -2.36. The van der Waals surface area contributed by atoms with E-state index in [1.165, 1.54) is 0 Å². The van der Waals surface area contributed by atoms with Gasteiger partial charge < -0.3 is 10.0 Å². The molecule has 0 saturated carbocycles. The van der Waals surface area contributed by atoms with Gasteiger partial charge in [0.1, 0.15) is 11.8 Å². The molecule has 0 unspecified atom stereocenters. The van der Waals surface area contributed by atoms with Crippen molar-refractivity contribution in [1.82, 2.24) is 25.0 Å². The minimum atomic E-state index is -0.734. The van der Waals surface area contributed by atoms with E-state index in [4.69, 9.17) is 0 Å². The quantitative estimate of drug-likeness (QED) is 0.759. The zero-order valence-electron chi connectivity index (χ0n) is 14.5. The lowest BCUT2D eigenvalue weighted by atomic mass is 9.97. The molecule has 3 aromatic rings. The molecular weight excluding hydrogens is 328 g/mol. The van der Waals surface area contributed by atoms with Gasteiger partial charge in [-0.2, -0.15) is 0 Å². The smallest absolute Gasteiger partial charge is 0.225 e. The van der Waals surface area contributed by atoms with Crippen molar-refractivity contribution in [1.29, 1.82) is 0 Å². The number of nitrogens with zero attached hydrogens (tertiary/aromatic N) is 6. The summed E-state index contributed by atoms with van der Waals surface area (Å²) >= 11 is 0. The molecule has 26 heavy (non-hydrogen) atoms. The maximum Gasteiger partial charge on any atom is 0.225 e. The SMILES string of the molecule is O[C@@H](c1ccccc1)c1cn(CC2CCN(c3ncccn3)CC2)nn1. The second-order valence-electron chi connectivity index (χ2n) is 6.66. The maximum atomic E-state index is 10.4. The van der Waals surface area contributed by atoms with Gasteiger partial charge in [-0.15, -0.1) is 5.10 Å². The summed E-state index contributed by atoms with van der Waals surface area (Å²) in [4.78, 5) is 10.9. The minimum absolute atomic E-state index is 0.540. The van der Waals surface area contributed by atoms with Gasteiger partial charge in [0.05, 0.1) is 6.20 Å². The molecule has 1 aliphatic heterocycles. The lowest BCUT2D eigenvalue weighted by Gasteiger charge is -2.31. The number of benzene rings is 1. The van der Waals surface area contributed by atoms with Gasteiger partial charge in [0.15, 0.2) is 0 Å². The van der Waals surface area contributed by atoms with Crippen molar-refractivity contribution in [2.45, 2.75) is 25.5 Å². The highest BCUT2D eigenvalue weighted by Gasteiger charge is 2.22. The minimum Gasteiger partial charge on any atom is -0.382 e. The van der Waals surface area contributed by atoms with Crippen molar-refractivity contribution in [2.75, 3.05) is 18.0 Å². The van der Waals surface area contributed by atoms with Crippen molar-refractivity contribution in [3.63, 3.8) is 0 Å². The van der Waals surface area contributed by atoms with Gasteiger partial charge >= 0.3 is 0 Å². The molecule has 0 radical (unpaired) electrons. The Morgan fingerprint density at radius 2 is 1.77 bits per heavy atom. The van der Waals surface area contributed by atoms with Crippen LogP contribution < -0.4 is 4.90 Å². The molecule has 2 aromatic heterocycles. The second kappa shape index (κ2) is 7.61. The van der Waals surface area contributed by atoms with Crippen LogP contribution in [0.3, 0.4) is 0 Å². The molecule has 1 atom stereocenters. The number of rotatable bonds is 5. The Morgan fingerprint density at radius 3 is 2.50 bits per heavy atom. The monoisotopic (exact) mass is 350 g/mol. The number of aromatic nitrogens is 5. The molecule has 1 fully saturated rings. The predicted molar refractivity (Wildman–Crippen MR) is 97.5 cm³/mol. The number of aliphatic hydroxyl groups is 1. The topological polar surface area (TPSA) is 80.0 Å². The van der Waals surface area contributed by atoms with Gasteiger partial charge in [0, 0.05) is 32.0 Å². The molecule has 0 amide bonds. The van der Waals surface area contributed by atoms with Gasteiger partial charge in [-0.05, 0) is 30.4 Å². The average Bonchev–Trinajstić information content (AvgIpc) is 3.18. The summed E-state index contributed by atoms with van der Waals surface area (Å²) in [6.07, 6.45) is 6.81. The van der Waals surface area contributed by atoms with Gasteiger partial charge in [-0.25, -0.2) is 9.97 Å². The zero-order valence-corrected chi connectivity index (χ0v) is 14.5. The van der Waals surface area contributed by atoms with E-state index in [0.717, 1.165) is 44.0 Å². The van der Waals surface area contributed by atoms with Gasteiger partial charge in [0.25, 0.3) is 0 Å². The first-order chi connectivity index (χ1) is 12.8. The Hall–Kier alpha value is -2.80. The summed E-state index contributed by atoms with van der Waals surface area (Å²) < 4.78 is 1.85. The molecule has 1 aromatic carbocycles. The van der Waals surface area contributed by atoms with Crippen LogP contribution in [0, 0.1) is 5.92 Å². The molecule has 0 spiro atoms. The van der Waals surface area contributed by atoms with Gasteiger partial charge in [-0.1, -0.05) is 35.5 Å². The third kappa shape index (κ3) is 3.72. The van der Waals surface area contributed by atoms with Crippen LogP contribution in [-0.4, -0.2) is 43.2 Å². The normalized spacial score (nSPS) is 16.6. The number of piperidine rings is 1. The first kappa shape index (κ1) is 16.7. The fourth-order valence-corrected chi connectivity index (χ4v) is 3.37. The highest BCUT2D eigenvalue weighted by molar-refractivity contribution is 5.28. The Balaban J connectivity index is 1.34. The standard InChI is InChI=1S/C19H22N6O/c26-18(16-5-2-1-3-6-16)17-14-25(23-22-17)13-15-7-11-24(12-8-15)19-20-9-4-10-21-19/h1-6,9-10,14-15,18,26H,7-8,11-13H2/t18-/m0/s1. The second-order valence-corrected chi connectivity index (χ2v) is 6.66. The first-order valence-electron chi connectivity index (χ1n) is 8.94. The summed E-state index contributed by atoms with van der Waals surface area (Å²) in [5.74, 6) is 1.35. The molecule has 7 nitrogen and oxygen atoms in total. The van der Waals surface area contributed by atoms with Crippen LogP contribution in [0.4, 0.5) is 5.95 Å². The summed E-state index contributed by atoms with van der Waals surface area (Å²) in [5, 5.41) is 18.8. The largest absolute Gasteiger partial charge is 0.382 e. The van der Waals surface area contributed by atoms with Crippen LogP contribution in [0.2, 0.25) is 0 Å². The molecule has 1 N–H and O–H groups in total. The fraction of sp³-hybridized carbons (Fsp3) is 0.368. The van der Waals surface area contributed by atoms with Crippen molar-refractivity contribution in [2.24, 2.45) is 5.92 Å². The molecule has 4 rings (SSSR count). The summed E-state index contributed by atoms with van der Waals surface area (Å²) in [6, 6.07) is 11.4. The number of anilines is 1. The lowest BCUT2D eigenvalue weighted by molar-refractivity contribution is 0.215. The highest BCUT2D eigenvalue weighted by Crippen LogP contribution is 2.23. The molecular formula is C19H22N6O. The Morgan fingerprint density at radius 1 is 1.04 bits per heavy atom. The Kier molecular flexibility index (Phi) is 4.88. The van der Waals surface area contributed by atoms with E-state index in [1.54, 1.807) is 12.4 Å². The van der Waals surface area contributed by atoms with Crippen LogP contribution in [0.1, 0.15) is 30.2 Å². The van der Waals surface area contributed by atoms with E-state index in [9.17, 15) is 5.11 Å². The van der Waals surface area contributed by atoms with Crippen LogP contribution in [0.15, 0.2) is 55.0 Å². The van der Waals surface area contributed by atoms with Crippen LogP contribution in [-0.2, 0) is 6.54 Å². The van der Waals surface area contributed by atoms with Crippen molar-refractivity contribution in [3.05, 3.63) is 66.2 Å². The van der Waals surface area contributed by atoms with E-state index in [2.05, 4.69) is 25.2 Å². The van der Waals surface area contributed by atoms with Crippen molar-refractivity contribution < 1.29 is 5.11 Å². The van der Waals surface area contributed by atoms with Gasteiger partial charge in [0.2, 0.25) is 5.95 Å². The van der Waals surface area contributed by atoms with Crippen LogP contribution in [0.25, 0.3) is 0 Å². The molecule has 1 aliphatic rings. The summed E-state index contributed by atoms with van der Waals surface area (Å²) in [7, 11) is 0. The fourth-order valence-electron chi connectivity index (χ4n) is 3.37. The molecule has 3 heterocycles. The third-order valence-corrected chi connectivity index (χ3v) is 4.85. The molecule has 134 valence electrons. The van der Waals surface area contributed by atoms with Crippen LogP contribution >= 0.6 is 0 Å². The number of aliphatic hydroxyl groups excluding tert-OH is 1. The number of hydrogen-bond acceptors (Lipinski definition) is 6. The van der Waals surface area contributed by atoms with E-state index in [1.807, 2.05) is 47.3 Å². The molecule has 7 heteroatoms. The number of hydrogen-bond donors (Lipinski definition) is 1. The maximum absolute atomic E-state index is 10.4. The van der Waals surface area contributed by atoms with Crippen molar-refractivity contribution in [3.8, 4) is 0 Å². The summed E-state index contributed by atoms with van der Waals surface area (Å²) in [6.45, 7) is 2.71. The van der Waals surface area contributed by atoms with E-state index in [0.29, 0.717) is 11.6 Å². The third-order valence-electron chi connectivity index (χ3n) is 4.85. The summed E-state index contributed by atoms with van der Waals surface area (Å²) in [5.41, 5.74) is 1.42. The van der Waals surface area contributed by atoms with Crippen LogP contribution in [0.5, 0.6) is 0 Å². The first-order valence-corrected chi connectivity index (χ1v) is 8.94. The molecule has 0 aliphatic carbocycles. The molecule has 0 bridgehead atoms. The van der Waals surface area contributed by atoms with E-state index in [-0.39, 0.29) is 0 Å². The van der Waals surface area contributed by atoms with Crippen molar-refractivity contribution >= 4 is 5.95 Å². The Bertz CT molecular complexity index is 814. The average molecular weight is 350 g/mol. The predicted octanol–water partition coefficient (Wildman–Crippen LogP) is 2.07. The zero-order chi connectivity index (χ0) is 17.8. The Labute approximate surface area is 152 Å². The molecule has 1 saturated heterocycles. The van der Waals surface area contributed by atoms with E-state index < -0.39 is 6.10 Å². The van der Waals surface area contributed by atoms with E-state index >= 15 is 0 Å².